The van der Waals surface area contributed by atoms with Gasteiger partial charge in [-0.1, -0.05) is 11.6 Å². The summed E-state index contributed by atoms with van der Waals surface area (Å²) < 4.78 is 42.1. The number of hydrogen-bond donors (Lipinski definition) is 2. The van der Waals surface area contributed by atoms with Gasteiger partial charge in [-0.25, -0.2) is 14.3 Å². The highest BCUT2D eigenvalue weighted by Gasteiger charge is 2.38. The maximum atomic E-state index is 13.5. The number of carbonyl (C=O) groups excluding carboxylic acids is 2. The number of alkyl halides is 3. The molecular formula is C21H16ClF3IN9O2. The minimum absolute atomic E-state index is 0.0236. The quantitative estimate of drug-likeness (QED) is 0.307. The molecule has 0 aliphatic carbocycles. The van der Waals surface area contributed by atoms with Gasteiger partial charge in [-0.3, -0.25) is 9.59 Å². The summed E-state index contributed by atoms with van der Waals surface area (Å²) in [6.07, 6.45) is -3.38. The third-order valence-corrected chi connectivity index (χ3v) is 5.96. The molecule has 0 saturated heterocycles. The fourth-order valence-corrected chi connectivity index (χ4v) is 4.41. The number of tetrazole rings is 1. The van der Waals surface area contributed by atoms with Crippen LogP contribution in [-0.4, -0.2) is 53.8 Å². The minimum Gasteiger partial charge on any atom is -0.355 e. The lowest BCUT2D eigenvalue weighted by molar-refractivity contribution is -0.147. The van der Waals surface area contributed by atoms with Crippen molar-refractivity contribution in [2.75, 3.05) is 12.4 Å². The van der Waals surface area contributed by atoms with Crippen LogP contribution < -0.4 is 10.6 Å². The van der Waals surface area contributed by atoms with Gasteiger partial charge in [0.05, 0.1) is 28.5 Å². The summed E-state index contributed by atoms with van der Waals surface area (Å²) >= 11 is 8.32. The lowest BCUT2D eigenvalue weighted by atomic mass is 10.1. The molecule has 0 aliphatic heterocycles. The van der Waals surface area contributed by atoms with Crippen LogP contribution in [0.4, 0.5) is 18.9 Å². The van der Waals surface area contributed by atoms with Crippen LogP contribution in [0, 0.1) is 10.5 Å². The van der Waals surface area contributed by atoms with Gasteiger partial charge >= 0.3 is 6.18 Å². The van der Waals surface area contributed by atoms with Crippen LogP contribution in [-0.2, 0) is 12.7 Å². The molecule has 2 N–H and O–H groups in total. The summed E-state index contributed by atoms with van der Waals surface area (Å²) in [5.41, 5.74) is 1.02. The lowest BCUT2D eigenvalue weighted by Gasteiger charge is -2.14. The van der Waals surface area contributed by atoms with Gasteiger partial charge in [-0.15, -0.1) is 5.10 Å². The highest BCUT2D eigenvalue weighted by atomic mass is 127. The predicted molar refractivity (Wildman–Crippen MR) is 134 cm³/mol. The van der Waals surface area contributed by atoms with Crippen molar-refractivity contribution < 1.29 is 22.8 Å². The maximum Gasteiger partial charge on any atom is 0.453 e. The Morgan fingerprint density at radius 2 is 1.95 bits per heavy atom. The Kier molecular flexibility index (Phi) is 7.44. The largest absolute Gasteiger partial charge is 0.453 e. The van der Waals surface area contributed by atoms with Gasteiger partial charge in [0.1, 0.15) is 5.69 Å². The SMILES string of the molecule is CNC(=O)c1cc(I)cc(C)c1NC(=O)c1cc(Cn2nnnc2C(F)(F)F)nn1-c1ncccc1Cl. The van der Waals surface area contributed by atoms with Gasteiger partial charge < -0.3 is 10.6 Å². The molecule has 0 aliphatic rings. The molecule has 4 aromatic rings. The fraction of sp³-hybridized carbons (Fsp3) is 0.190. The first-order valence-corrected chi connectivity index (χ1v) is 11.8. The number of hydrogen-bond acceptors (Lipinski definition) is 7. The fourth-order valence-electron chi connectivity index (χ4n) is 3.43. The zero-order chi connectivity index (χ0) is 26.9. The van der Waals surface area contributed by atoms with Crippen LogP contribution in [0.25, 0.3) is 5.82 Å². The van der Waals surface area contributed by atoms with Crippen molar-refractivity contribution in [3.63, 3.8) is 0 Å². The highest BCUT2D eigenvalue weighted by Crippen LogP contribution is 2.28. The van der Waals surface area contributed by atoms with Crippen LogP contribution in [0.5, 0.6) is 0 Å². The first-order valence-electron chi connectivity index (χ1n) is 10.4. The molecule has 0 unspecified atom stereocenters. The van der Waals surface area contributed by atoms with Crippen molar-refractivity contribution in [2.24, 2.45) is 0 Å². The molecule has 0 spiro atoms. The van der Waals surface area contributed by atoms with E-state index < -0.39 is 30.4 Å². The molecule has 3 aromatic heterocycles. The number of benzene rings is 1. The Morgan fingerprint density at radius 1 is 1.19 bits per heavy atom. The number of halogens is 5. The standard InChI is InChI=1S/C21H16ClF3IN9O2/c1-10-6-11(26)7-13(18(36)27-2)16(10)29-19(37)15-8-12(9-34-20(21(23,24)25)30-32-33-34)31-35(15)17-14(22)4-3-5-28-17/h3-8H,9H2,1-2H3,(H,27,36)(H,29,37). The Labute approximate surface area is 225 Å². The van der Waals surface area contributed by atoms with E-state index in [1.165, 1.54) is 25.4 Å². The zero-order valence-electron chi connectivity index (χ0n) is 19.0. The van der Waals surface area contributed by atoms with Crippen LogP contribution in [0.2, 0.25) is 5.02 Å². The number of nitrogens with one attached hydrogen (secondary N) is 2. The second-order valence-electron chi connectivity index (χ2n) is 7.58. The molecule has 37 heavy (non-hydrogen) atoms. The maximum absolute atomic E-state index is 13.5. The van der Waals surface area contributed by atoms with Gasteiger partial charge in [0.15, 0.2) is 5.82 Å². The topological polar surface area (TPSA) is 133 Å². The number of pyridine rings is 1. The molecule has 0 saturated carbocycles. The summed E-state index contributed by atoms with van der Waals surface area (Å²) in [6.45, 7) is 1.23. The number of aromatic nitrogens is 7. The molecule has 3 heterocycles. The van der Waals surface area contributed by atoms with E-state index in [9.17, 15) is 22.8 Å². The molecule has 0 radical (unpaired) electrons. The molecule has 0 fully saturated rings. The van der Waals surface area contributed by atoms with Gasteiger partial charge in [0.25, 0.3) is 17.6 Å². The number of aryl methyl sites for hydroxylation is 1. The number of nitrogens with zero attached hydrogens (tertiary/aromatic N) is 7. The average Bonchev–Trinajstić information content (AvgIpc) is 3.48. The first kappa shape index (κ1) is 26.5. The lowest BCUT2D eigenvalue weighted by Crippen LogP contribution is -2.23. The number of anilines is 1. The number of rotatable bonds is 6. The van der Waals surface area contributed by atoms with Crippen molar-refractivity contribution in [1.82, 2.24) is 40.3 Å². The normalized spacial score (nSPS) is 11.4. The van der Waals surface area contributed by atoms with Gasteiger partial charge in [0, 0.05) is 16.8 Å². The Morgan fingerprint density at radius 3 is 2.62 bits per heavy atom. The van der Waals surface area contributed by atoms with E-state index in [-0.39, 0.29) is 33.5 Å². The summed E-state index contributed by atoms with van der Waals surface area (Å²) in [6, 6.07) is 7.73. The van der Waals surface area contributed by atoms with Crippen LogP contribution in [0.15, 0.2) is 36.5 Å². The second kappa shape index (κ2) is 10.4. The Hall–Kier alpha value is -3.60. The van der Waals surface area contributed by atoms with Crippen molar-refractivity contribution in [2.45, 2.75) is 19.6 Å². The van der Waals surface area contributed by atoms with Crippen LogP contribution in [0.1, 0.15) is 37.9 Å². The molecule has 192 valence electrons. The molecule has 1 aromatic carbocycles. The third kappa shape index (κ3) is 5.56. The van der Waals surface area contributed by atoms with Gasteiger partial charge in [-0.05, 0) is 75.8 Å². The molecule has 2 amide bonds. The molecule has 4 rings (SSSR count). The smallest absolute Gasteiger partial charge is 0.355 e. The first-order chi connectivity index (χ1) is 17.5. The molecule has 0 atom stereocenters. The van der Waals surface area contributed by atoms with Gasteiger partial charge in [0.2, 0.25) is 0 Å². The van der Waals surface area contributed by atoms with E-state index in [0.717, 1.165) is 8.25 Å². The molecule has 16 heteroatoms. The van der Waals surface area contributed by atoms with E-state index in [1.807, 2.05) is 0 Å². The second-order valence-corrected chi connectivity index (χ2v) is 9.23. The summed E-state index contributed by atoms with van der Waals surface area (Å²) in [7, 11) is 1.46. The van der Waals surface area contributed by atoms with Gasteiger partial charge in [-0.2, -0.15) is 18.3 Å². The molecule has 0 bridgehead atoms. The number of amides is 2. The van der Waals surface area contributed by atoms with E-state index >= 15 is 0 Å². The van der Waals surface area contributed by atoms with E-state index in [1.54, 1.807) is 25.1 Å². The number of carbonyl (C=O) groups is 2. The van der Waals surface area contributed by atoms with Crippen molar-refractivity contribution in [3.05, 3.63) is 73.5 Å². The van der Waals surface area contributed by atoms with Crippen molar-refractivity contribution in [3.8, 4) is 5.82 Å². The Bertz CT molecular complexity index is 1500. The van der Waals surface area contributed by atoms with E-state index in [4.69, 9.17) is 11.6 Å². The van der Waals surface area contributed by atoms with Crippen molar-refractivity contribution in [1.29, 1.82) is 0 Å². The third-order valence-electron chi connectivity index (χ3n) is 5.04. The summed E-state index contributed by atoms with van der Waals surface area (Å²) in [4.78, 5) is 30.1. The van der Waals surface area contributed by atoms with E-state index in [2.05, 4.69) is 58.8 Å². The van der Waals surface area contributed by atoms with Crippen LogP contribution in [0.3, 0.4) is 0 Å². The average molecular weight is 646 g/mol. The monoisotopic (exact) mass is 645 g/mol. The highest BCUT2D eigenvalue weighted by molar-refractivity contribution is 14.1. The zero-order valence-corrected chi connectivity index (χ0v) is 21.9. The van der Waals surface area contributed by atoms with Crippen molar-refractivity contribution >= 4 is 51.7 Å². The molecular weight excluding hydrogens is 630 g/mol. The summed E-state index contributed by atoms with van der Waals surface area (Å²) in [5, 5.41) is 19.1. The van der Waals surface area contributed by atoms with Crippen LogP contribution >= 0.6 is 34.2 Å². The molecule has 11 nitrogen and oxygen atoms in total. The Balaban J connectivity index is 1.78. The van der Waals surface area contributed by atoms with E-state index in [0.29, 0.717) is 10.2 Å². The predicted octanol–water partition coefficient (Wildman–Crippen LogP) is 3.50. The summed E-state index contributed by atoms with van der Waals surface area (Å²) in [5.74, 6) is -2.38. The minimum atomic E-state index is -4.80.